The van der Waals surface area contributed by atoms with Gasteiger partial charge in [-0.05, 0) is 95.7 Å². The Balaban J connectivity index is 1.78. The molecule has 0 unspecified atom stereocenters. The van der Waals surface area contributed by atoms with E-state index in [9.17, 15) is 4.79 Å². The number of amides is 1. The summed E-state index contributed by atoms with van der Waals surface area (Å²) in [5.41, 5.74) is 1.37. The average Bonchev–Trinajstić information content (AvgIpc) is 3.04. The van der Waals surface area contributed by atoms with Crippen LogP contribution in [-0.2, 0) is 17.8 Å². The van der Waals surface area contributed by atoms with Gasteiger partial charge in [0, 0.05) is 70.4 Å². The van der Waals surface area contributed by atoms with Crippen LogP contribution in [0.5, 0.6) is 0 Å². The van der Waals surface area contributed by atoms with Gasteiger partial charge in [0.25, 0.3) is 5.91 Å². The van der Waals surface area contributed by atoms with Crippen LogP contribution in [0.15, 0.2) is 58.6 Å². The lowest BCUT2D eigenvalue weighted by Crippen LogP contribution is -2.43. The number of nitrogens with zero attached hydrogens (tertiary/aromatic N) is 1. The van der Waals surface area contributed by atoms with Crippen molar-refractivity contribution in [2.45, 2.75) is 74.8 Å². The monoisotopic (exact) mass is 587 g/mol. The largest absolute Gasteiger partial charge is 0.297 e. The standard InChI is InChI=1S/C40H30N2OS/c1-3-5-7-9-11-12-13-14-15-16-17-18-19-21-23-26-34-41-39(43)36-42-35-27-25-29-40(42)44-38-32-30-37(31-33-38)28-24-22-20-10-8-6-4-2/h1,25,27,29-33,35H,4,6,8,10,20,22,24,28,36H2,2H3/p+1. The number of carbonyl (C=O) groups is 1. The van der Waals surface area contributed by atoms with E-state index in [1.54, 1.807) is 11.8 Å². The lowest BCUT2D eigenvalue weighted by molar-refractivity contribution is -0.720. The highest BCUT2D eigenvalue weighted by atomic mass is 32.2. The van der Waals surface area contributed by atoms with E-state index in [1.165, 1.54) is 50.5 Å². The molecule has 0 aliphatic heterocycles. The normalized spacial score (nSPS) is 8.09. The van der Waals surface area contributed by atoms with Gasteiger partial charge in [-0.25, -0.2) is 0 Å². The number of pyridine rings is 1. The first kappa shape index (κ1) is 34.4. The molecule has 1 amide bonds. The molecule has 0 bridgehead atoms. The van der Waals surface area contributed by atoms with E-state index in [0.717, 1.165) is 16.3 Å². The minimum Gasteiger partial charge on any atom is -0.279 e. The Kier molecular flexibility index (Phi) is 18.7. The number of terminal acetylenes is 1. The number of aromatic nitrogens is 1. The van der Waals surface area contributed by atoms with E-state index >= 15 is 0 Å². The summed E-state index contributed by atoms with van der Waals surface area (Å²) in [6.45, 7) is 2.39. The summed E-state index contributed by atoms with van der Waals surface area (Å²) in [5, 5.41) is 3.51. The third kappa shape index (κ3) is 17.1. The Labute approximate surface area is 267 Å². The Morgan fingerprint density at radius 2 is 1.25 bits per heavy atom. The van der Waals surface area contributed by atoms with E-state index in [1.807, 2.05) is 29.0 Å². The van der Waals surface area contributed by atoms with Gasteiger partial charge in [0.1, 0.15) is 0 Å². The van der Waals surface area contributed by atoms with E-state index < -0.39 is 0 Å². The van der Waals surface area contributed by atoms with Crippen molar-refractivity contribution in [1.82, 2.24) is 5.32 Å². The Bertz CT molecular complexity index is 1820. The molecule has 0 aliphatic rings. The fourth-order valence-electron chi connectivity index (χ4n) is 3.58. The molecule has 2 rings (SSSR count). The lowest BCUT2D eigenvalue weighted by Gasteiger charge is -2.05. The molecular weight excluding hydrogens is 557 g/mol. The van der Waals surface area contributed by atoms with Crippen molar-refractivity contribution in [1.29, 1.82) is 0 Å². The predicted octanol–water partition coefficient (Wildman–Crippen LogP) is 5.15. The number of aryl methyl sites for hydroxylation is 1. The molecule has 0 fully saturated rings. The molecule has 0 radical (unpaired) electrons. The molecule has 4 heteroatoms. The average molecular weight is 588 g/mol. The van der Waals surface area contributed by atoms with Gasteiger partial charge in [-0.15, -0.1) is 6.42 Å². The van der Waals surface area contributed by atoms with Crippen molar-refractivity contribution in [3.05, 3.63) is 54.2 Å². The highest BCUT2D eigenvalue weighted by Gasteiger charge is 2.15. The molecule has 0 aliphatic carbocycles. The summed E-state index contributed by atoms with van der Waals surface area (Å²) in [7, 11) is 0. The number of hydrogen-bond acceptors (Lipinski definition) is 2. The SMILES string of the molecule is C#CC#CC#CC#CC#CC#CC#CC#CC#CNC(=O)C[n+]1ccccc1Sc1ccc(CCCCCCCCC)cc1. The number of hydrogen-bond donors (Lipinski definition) is 1. The molecule has 2 aromatic rings. The molecule has 44 heavy (non-hydrogen) atoms. The molecule has 1 N–H and O–H groups in total. The zero-order valence-corrected chi connectivity index (χ0v) is 25.6. The Hall–Kier alpha value is -5.77. The van der Waals surface area contributed by atoms with Crippen LogP contribution in [0.3, 0.4) is 0 Å². The highest BCUT2D eigenvalue weighted by Crippen LogP contribution is 2.25. The number of rotatable bonds is 12. The second-order valence-electron chi connectivity index (χ2n) is 8.98. The minimum atomic E-state index is -0.243. The molecule has 212 valence electrons. The highest BCUT2D eigenvalue weighted by molar-refractivity contribution is 7.99. The van der Waals surface area contributed by atoms with Gasteiger partial charge < -0.3 is 0 Å². The van der Waals surface area contributed by atoms with Gasteiger partial charge in [-0.3, -0.25) is 10.1 Å². The fourth-order valence-corrected chi connectivity index (χ4v) is 4.49. The van der Waals surface area contributed by atoms with Crippen molar-refractivity contribution in [2.75, 3.05) is 0 Å². The first-order chi connectivity index (χ1) is 21.7. The van der Waals surface area contributed by atoms with Crippen LogP contribution in [-0.4, -0.2) is 5.91 Å². The molecule has 0 saturated heterocycles. The quantitative estimate of drug-likeness (QED) is 0.161. The second-order valence-corrected chi connectivity index (χ2v) is 10.1. The van der Waals surface area contributed by atoms with Crippen molar-refractivity contribution < 1.29 is 9.36 Å². The number of carbonyl (C=O) groups excluding carboxylic acids is 1. The van der Waals surface area contributed by atoms with E-state index in [-0.39, 0.29) is 12.5 Å². The number of nitrogens with one attached hydrogen (secondary N) is 1. The molecule has 3 nitrogen and oxygen atoms in total. The molecule has 1 aromatic carbocycles. The van der Waals surface area contributed by atoms with Gasteiger partial charge in [0.05, 0.1) is 0 Å². The summed E-state index contributed by atoms with van der Waals surface area (Å²) in [5.74, 6) is 39.4. The second kappa shape index (κ2) is 23.9. The Morgan fingerprint density at radius 1 is 0.705 bits per heavy atom. The topological polar surface area (TPSA) is 33.0 Å². The maximum atomic E-state index is 12.4. The molecule has 1 heterocycles. The molecule has 1 aromatic heterocycles. The van der Waals surface area contributed by atoms with Crippen molar-refractivity contribution >= 4 is 17.7 Å². The summed E-state index contributed by atoms with van der Waals surface area (Å²) in [6, 6.07) is 17.1. The Morgan fingerprint density at radius 3 is 1.84 bits per heavy atom. The van der Waals surface area contributed by atoms with Crippen LogP contribution in [0.25, 0.3) is 0 Å². The maximum Gasteiger partial charge on any atom is 0.297 e. The summed E-state index contributed by atoms with van der Waals surface area (Å²) in [4.78, 5) is 13.6. The smallest absolute Gasteiger partial charge is 0.279 e. The fraction of sp³-hybridized carbons (Fsp3) is 0.250. The first-order valence-corrected chi connectivity index (χ1v) is 15.0. The van der Waals surface area contributed by atoms with Crippen molar-refractivity contribution in [3.63, 3.8) is 0 Å². The van der Waals surface area contributed by atoms with Crippen LogP contribution >= 0.6 is 11.8 Å². The third-order valence-electron chi connectivity index (χ3n) is 5.64. The molecule has 0 atom stereocenters. The predicted molar refractivity (Wildman–Crippen MR) is 178 cm³/mol. The van der Waals surface area contributed by atoms with Crippen LogP contribution in [0.2, 0.25) is 0 Å². The van der Waals surface area contributed by atoms with E-state index in [0.29, 0.717) is 0 Å². The lowest BCUT2D eigenvalue weighted by atomic mass is 10.0. The first-order valence-electron chi connectivity index (χ1n) is 14.2. The maximum absolute atomic E-state index is 12.4. The zero-order valence-electron chi connectivity index (χ0n) is 24.8. The molecule has 0 saturated carbocycles. The van der Waals surface area contributed by atoms with Crippen LogP contribution < -0.4 is 9.88 Å². The number of unbranched alkanes of at least 4 members (excludes halogenated alkanes) is 6. The van der Waals surface area contributed by atoms with Crippen molar-refractivity contribution in [3.8, 4) is 107 Å². The summed E-state index contributed by atoms with van der Waals surface area (Å²) < 4.78 is 1.89. The van der Waals surface area contributed by atoms with Crippen LogP contribution in [0.1, 0.15) is 57.4 Å². The minimum absolute atomic E-state index is 0.134. The summed E-state index contributed by atoms with van der Waals surface area (Å²) in [6.07, 6.45) is 17.2. The van der Waals surface area contributed by atoms with Crippen LogP contribution in [0, 0.1) is 107 Å². The van der Waals surface area contributed by atoms with Crippen LogP contribution in [0.4, 0.5) is 0 Å². The van der Waals surface area contributed by atoms with Crippen molar-refractivity contribution in [2.24, 2.45) is 0 Å². The summed E-state index contributed by atoms with van der Waals surface area (Å²) >= 11 is 1.62. The van der Waals surface area contributed by atoms with Gasteiger partial charge in [0.2, 0.25) is 11.6 Å². The third-order valence-corrected chi connectivity index (χ3v) is 6.73. The van der Waals surface area contributed by atoms with Gasteiger partial charge in [0.15, 0.2) is 6.20 Å². The van der Waals surface area contributed by atoms with Gasteiger partial charge in [-0.1, -0.05) is 57.6 Å². The molecule has 0 spiro atoms. The molecular formula is C40H31N2OS+. The zero-order chi connectivity index (χ0) is 31.3. The number of benzene rings is 1. The van der Waals surface area contributed by atoms with E-state index in [4.69, 9.17) is 6.42 Å². The van der Waals surface area contributed by atoms with Gasteiger partial charge in [-0.2, -0.15) is 4.57 Å². The van der Waals surface area contributed by atoms with E-state index in [2.05, 4.69) is 137 Å². The van der Waals surface area contributed by atoms with Gasteiger partial charge >= 0.3 is 0 Å².